The van der Waals surface area contributed by atoms with Crippen molar-refractivity contribution >= 4 is 46.4 Å². The van der Waals surface area contributed by atoms with E-state index in [1.165, 1.54) is 12.1 Å². The van der Waals surface area contributed by atoms with E-state index in [2.05, 4.69) is 16.2 Å². The van der Waals surface area contributed by atoms with Crippen molar-refractivity contribution in [3.05, 3.63) is 38.9 Å². The van der Waals surface area contributed by atoms with Crippen molar-refractivity contribution in [1.82, 2.24) is 16.2 Å². The summed E-state index contributed by atoms with van der Waals surface area (Å²) in [5, 5.41) is 12.9. The SMILES string of the molecule is CCC(=O)NC(=S)NNC(=O)c1ccc(Cl)c([N+](=O)[O-])c1. The van der Waals surface area contributed by atoms with Crippen molar-refractivity contribution < 1.29 is 14.5 Å². The number of hydrogen-bond donors (Lipinski definition) is 3. The Morgan fingerprint density at radius 3 is 2.62 bits per heavy atom. The molecule has 0 heterocycles. The number of nitrogens with zero attached hydrogens (tertiary/aromatic N) is 1. The number of nitro groups is 1. The maximum absolute atomic E-state index is 11.8. The van der Waals surface area contributed by atoms with Crippen molar-refractivity contribution in [1.29, 1.82) is 0 Å². The fourth-order valence-corrected chi connectivity index (χ4v) is 1.58. The highest BCUT2D eigenvalue weighted by Gasteiger charge is 2.16. The number of benzene rings is 1. The minimum Gasteiger partial charge on any atom is -0.302 e. The van der Waals surface area contributed by atoms with Gasteiger partial charge in [0.1, 0.15) is 5.02 Å². The first-order valence-electron chi connectivity index (χ1n) is 5.69. The van der Waals surface area contributed by atoms with Crippen molar-refractivity contribution in [2.75, 3.05) is 0 Å². The van der Waals surface area contributed by atoms with Crippen molar-refractivity contribution in [3.63, 3.8) is 0 Å². The Labute approximate surface area is 130 Å². The van der Waals surface area contributed by atoms with Gasteiger partial charge in [-0.15, -0.1) is 0 Å². The molecule has 0 fully saturated rings. The molecule has 3 N–H and O–H groups in total. The predicted octanol–water partition coefficient (Wildman–Crippen LogP) is 1.29. The number of rotatable bonds is 3. The van der Waals surface area contributed by atoms with E-state index in [1.807, 2.05) is 0 Å². The minimum absolute atomic E-state index is 0.0169. The highest BCUT2D eigenvalue weighted by Crippen LogP contribution is 2.24. The molecule has 8 nitrogen and oxygen atoms in total. The van der Waals surface area contributed by atoms with E-state index >= 15 is 0 Å². The summed E-state index contributed by atoms with van der Waals surface area (Å²) in [6.45, 7) is 1.64. The smallest absolute Gasteiger partial charge is 0.288 e. The van der Waals surface area contributed by atoms with Gasteiger partial charge in [0.05, 0.1) is 4.92 Å². The van der Waals surface area contributed by atoms with Gasteiger partial charge in [0.2, 0.25) is 5.91 Å². The Kier molecular flexibility index (Phi) is 6.00. The molecule has 1 rings (SSSR count). The third-order valence-electron chi connectivity index (χ3n) is 2.27. The molecule has 2 amide bonds. The second-order valence-electron chi connectivity index (χ2n) is 3.73. The molecule has 0 aromatic heterocycles. The van der Waals surface area contributed by atoms with Crippen LogP contribution >= 0.6 is 23.8 Å². The zero-order valence-electron chi connectivity index (χ0n) is 10.8. The second-order valence-corrected chi connectivity index (χ2v) is 4.55. The molecule has 10 heteroatoms. The monoisotopic (exact) mass is 330 g/mol. The van der Waals surface area contributed by atoms with Gasteiger partial charge in [-0.1, -0.05) is 18.5 Å². The molecule has 0 saturated heterocycles. The third-order valence-corrected chi connectivity index (χ3v) is 2.79. The van der Waals surface area contributed by atoms with Crippen LogP contribution < -0.4 is 16.2 Å². The summed E-state index contributed by atoms with van der Waals surface area (Å²) >= 11 is 10.4. The zero-order valence-corrected chi connectivity index (χ0v) is 12.4. The predicted molar refractivity (Wildman–Crippen MR) is 79.7 cm³/mol. The topological polar surface area (TPSA) is 113 Å². The first-order chi connectivity index (χ1) is 9.85. The van der Waals surface area contributed by atoms with Crippen molar-refractivity contribution in [3.8, 4) is 0 Å². The van der Waals surface area contributed by atoms with Crippen LogP contribution in [0.3, 0.4) is 0 Å². The van der Waals surface area contributed by atoms with Gasteiger partial charge in [-0.2, -0.15) is 0 Å². The first-order valence-corrected chi connectivity index (χ1v) is 6.48. The summed E-state index contributed by atoms with van der Waals surface area (Å²) in [6, 6.07) is 3.60. The molecule has 0 bridgehead atoms. The zero-order chi connectivity index (χ0) is 16.0. The van der Waals surface area contributed by atoms with Crippen LogP contribution in [0.2, 0.25) is 5.02 Å². The molecule has 0 spiro atoms. The normalized spacial score (nSPS) is 9.62. The lowest BCUT2D eigenvalue weighted by molar-refractivity contribution is -0.384. The Hall–Kier alpha value is -2.26. The third kappa shape index (κ3) is 4.97. The van der Waals surface area contributed by atoms with Gasteiger partial charge in [0, 0.05) is 18.1 Å². The van der Waals surface area contributed by atoms with Crippen molar-refractivity contribution in [2.24, 2.45) is 0 Å². The quantitative estimate of drug-likeness (QED) is 0.437. The minimum atomic E-state index is -0.696. The number of hydrazine groups is 1. The Morgan fingerprint density at radius 2 is 2.05 bits per heavy atom. The lowest BCUT2D eigenvalue weighted by Crippen LogP contribution is -2.48. The number of halogens is 1. The van der Waals surface area contributed by atoms with Crippen LogP contribution in [0.25, 0.3) is 0 Å². The Bertz CT molecular complexity index is 608. The van der Waals surface area contributed by atoms with E-state index in [1.54, 1.807) is 6.92 Å². The van der Waals surface area contributed by atoms with Crippen LogP contribution in [0, 0.1) is 10.1 Å². The summed E-state index contributed by atoms with van der Waals surface area (Å²) in [5.41, 5.74) is 4.14. The molecule has 0 atom stereocenters. The lowest BCUT2D eigenvalue weighted by atomic mass is 10.2. The summed E-state index contributed by atoms with van der Waals surface area (Å²) in [5.74, 6) is -0.980. The molecule has 0 aliphatic heterocycles. The van der Waals surface area contributed by atoms with Gasteiger partial charge in [-0.25, -0.2) is 0 Å². The van der Waals surface area contributed by atoms with Crippen LogP contribution in [0.4, 0.5) is 5.69 Å². The van der Waals surface area contributed by atoms with Gasteiger partial charge in [0.25, 0.3) is 11.6 Å². The lowest BCUT2D eigenvalue weighted by Gasteiger charge is -2.10. The number of carbonyl (C=O) groups excluding carboxylic acids is 2. The van der Waals surface area contributed by atoms with Crippen LogP contribution in [-0.4, -0.2) is 21.9 Å². The van der Waals surface area contributed by atoms with Crippen LogP contribution in [-0.2, 0) is 4.79 Å². The number of thiocarbonyl (C=S) groups is 1. The summed E-state index contributed by atoms with van der Waals surface area (Å²) < 4.78 is 0. The number of amides is 2. The Morgan fingerprint density at radius 1 is 1.38 bits per heavy atom. The molecule has 112 valence electrons. The van der Waals surface area contributed by atoms with Gasteiger partial charge < -0.3 is 5.32 Å². The molecular weight excluding hydrogens is 320 g/mol. The van der Waals surface area contributed by atoms with Gasteiger partial charge >= 0.3 is 0 Å². The molecule has 0 radical (unpaired) electrons. The molecule has 0 aliphatic rings. The average molecular weight is 331 g/mol. The second kappa shape index (κ2) is 7.50. The van der Waals surface area contributed by atoms with Crippen LogP contribution in [0.15, 0.2) is 18.2 Å². The highest BCUT2D eigenvalue weighted by atomic mass is 35.5. The maximum Gasteiger partial charge on any atom is 0.288 e. The van der Waals surface area contributed by atoms with Crippen LogP contribution in [0.5, 0.6) is 0 Å². The fraction of sp³-hybridized carbons (Fsp3) is 0.182. The average Bonchev–Trinajstić information content (AvgIpc) is 2.44. The maximum atomic E-state index is 11.8. The molecule has 1 aromatic carbocycles. The summed E-state index contributed by atoms with van der Waals surface area (Å²) in [6.07, 6.45) is 0.235. The van der Waals surface area contributed by atoms with E-state index in [0.29, 0.717) is 0 Å². The van der Waals surface area contributed by atoms with Gasteiger partial charge in [-0.3, -0.25) is 30.6 Å². The number of carbonyl (C=O) groups is 2. The molecule has 21 heavy (non-hydrogen) atoms. The molecule has 1 aromatic rings. The summed E-state index contributed by atoms with van der Waals surface area (Å²) in [4.78, 5) is 32.9. The highest BCUT2D eigenvalue weighted by molar-refractivity contribution is 7.80. The van der Waals surface area contributed by atoms with E-state index in [0.717, 1.165) is 6.07 Å². The summed E-state index contributed by atoms with van der Waals surface area (Å²) in [7, 11) is 0. The first kappa shape index (κ1) is 16.8. The Balaban J connectivity index is 2.68. The fourth-order valence-electron chi connectivity index (χ4n) is 1.23. The molecule has 0 saturated carbocycles. The van der Waals surface area contributed by atoms with Crippen molar-refractivity contribution in [2.45, 2.75) is 13.3 Å². The standard InChI is InChI=1S/C11H11ClN4O4S/c1-2-9(17)13-11(21)15-14-10(18)6-3-4-7(12)8(5-6)16(19)20/h3-5H,2H2,1H3,(H,14,18)(H2,13,15,17,21). The number of nitrogens with one attached hydrogen (secondary N) is 3. The van der Waals surface area contributed by atoms with E-state index in [9.17, 15) is 19.7 Å². The van der Waals surface area contributed by atoms with Gasteiger partial charge in [0.15, 0.2) is 5.11 Å². The largest absolute Gasteiger partial charge is 0.302 e. The van der Waals surface area contributed by atoms with E-state index in [-0.39, 0.29) is 33.7 Å². The molecular formula is C11H11ClN4O4S. The van der Waals surface area contributed by atoms with E-state index in [4.69, 9.17) is 23.8 Å². The number of nitro benzene ring substituents is 1. The molecule has 0 aliphatic carbocycles. The number of hydrogen-bond acceptors (Lipinski definition) is 5. The van der Waals surface area contributed by atoms with Crippen LogP contribution in [0.1, 0.15) is 23.7 Å². The van der Waals surface area contributed by atoms with E-state index < -0.39 is 10.8 Å². The molecule has 0 unspecified atom stereocenters. The van der Waals surface area contributed by atoms with Gasteiger partial charge in [-0.05, 0) is 24.4 Å².